The van der Waals surface area contributed by atoms with E-state index in [4.69, 9.17) is 16.7 Å². The van der Waals surface area contributed by atoms with Crippen LogP contribution in [-0.4, -0.2) is 50.9 Å². The summed E-state index contributed by atoms with van der Waals surface area (Å²) in [6.07, 6.45) is -2.08. The molecule has 10 heteroatoms. The average Bonchev–Trinajstić information content (AvgIpc) is 3.22. The third-order valence-corrected chi connectivity index (χ3v) is 4.52. The molecule has 1 aliphatic rings. The SMILES string of the molecule is O=C(O)[C@@H]1CN(C(=O)c2cnn(-c3ccc(Cl)cc3)c2)C[C@H]1C(F)(F)F. The number of halogens is 4. The second-order valence-electron chi connectivity index (χ2n) is 5.95. The molecule has 0 spiro atoms. The lowest BCUT2D eigenvalue weighted by atomic mass is 9.96. The lowest BCUT2D eigenvalue weighted by Crippen LogP contribution is -2.34. The number of nitrogens with zero attached hydrogens (tertiary/aromatic N) is 3. The van der Waals surface area contributed by atoms with E-state index in [9.17, 15) is 22.8 Å². The van der Waals surface area contributed by atoms with E-state index < -0.39 is 43.0 Å². The van der Waals surface area contributed by atoms with Crippen LogP contribution in [0.25, 0.3) is 5.69 Å². The molecule has 0 bridgehead atoms. The van der Waals surface area contributed by atoms with E-state index in [0.29, 0.717) is 10.7 Å². The molecule has 2 atom stereocenters. The van der Waals surface area contributed by atoms with E-state index in [1.807, 2.05) is 0 Å². The summed E-state index contributed by atoms with van der Waals surface area (Å²) in [4.78, 5) is 24.5. The molecular weight excluding hydrogens is 375 g/mol. The van der Waals surface area contributed by atoms with Crippen molar-refractivity contribution in [1.29, 1.82) is 0 Å². The van der Waals surface area contributed by atoms with Crippen molar-refractivity contribution < 1.29 is 27.9 Å². The van der Waals surface area contributed by atoms with Crippen molar-refractivity contribution in [3.63, 3.8) is 0 Å². The maximum atomic E-state index is 13.0. The van der Waals surface area contributed by atoms with Gasteiger partial charge in [0.2, 0.25) is 0 Å². The third kappa shape index (κ3) is 3.52. The first kappa shape index (κ1) is 18.2. The molecule has 1 fully saturated rings. The van der Waals surface area contributed by atoms with Crippen molar-refractivity contribution in [2.24, 2.45) is 11.8 Å². The van der Waals surface area contributed by atoms with Crippen molar-refractivity contribution in [3.8, 4) is 5.69 Å². The second-order valence-corrected chi connectivity index (χ2v) is 6.39. The first-order valence-corrected chi connectivity index (χ1v) is 7.94. The molecular formula is C16H13ClF3N3O3. The van der Waals surface area contributed by atoms with E-state index in [0.717, 1.165) is 4.90 Å². The van der Waals surface area contributed by atoms with Crippen molar-refractivity contribution in [2.45, 2.75) is 6.18 Å². The average molecular weight is 388 g/mol. The highest BCUT2D eigenvalue weighted by molar-refractivity contribution is 6.30. The smallest absolute Gasteiger partial charge is 0.394 e. The van der Waals surface area contributed by atoms with Gasteiger partial charge in [0, 0.05) is 24.3 Å². The van der Waals surface area contributed by atoms with Gasteiger partial charge >= 0.3 is 12.1 Å². The van der Waals surface area contributed by atoms with Crippen molar-refractivity contribution in [2.75, 3.05) is 13.1 Å². The molecule has 0 aliphatic carbocycles. The minimum atomic E-state index is -4.69. The Bertz CT molecular complexity index is 835. The first-order valence-electron chi connectivity index (χ1n) is 7.56. The van der Waals surface area contributed by atoms with Gasteiger partial charge in [-0.2, -0.15) is 18.3 Å². The quantitative estimate of drug-likeness (QED) is 0.878. The highest BCUT2D eigenvalue weighted by Gasteiger charge is 2.53. The molecule has 0 radical (unpaired) electrons. The van der Waals surface area contributed by atoms with Crippen LogP contribution < -0.4 is 0 Å². The van der Waals surface area contributed by atoms with Crippen LogP contribution in [0.4, 0.5) is 13.2 Å². The van der Waals surface area contributed by atoms with Gasteiger partial charge in [-0.15, -0.1) is 0 Å². The number of carboxylic acids is 1. The van der Waals surface area contributed by atoms with Gasteiger partial charge in [0.05, 0.1) is 29.3 Å². The fourth-order valence-electron chi connectivity index (χ4n) is 2.90. The summed E-state index contributed by atoms with van der Waals surface area (Å²) >= 11 is 5.80. The normalized spacial score (nSPS) is 20.4. The number of hydrogen-bond donors (Lipinski definition) is 1. The van der Waals surface area contributed by atoms with Crippen LogP contribution in [0.2, 0.25) is 5.02 Å². The predicted octanol–water partition coefficient (Wildman–Crippen LogP) is 2.86. The van der Waals surface area contributed by atoms with Gasteiger partial charge < -0.3 is 10.0 Å². The molecule has 1 aromatic carbocycles. The zero-order valence-electron chi connectivity index (χ0n) is 13.2. The number of hydrogen-bond acceptors (Lipinski definition) is 3. The minimum Gasteiger partial charge on any atom is -0.481 e. The summed E-state index contributed by atoms with van der Waals surface area (Å²) in [6.45, 7) is -1.18. The van der Waals surface area contributed by atoms with Crippen LogP contribution in [0, 0.1) is 11.8 Å². The van der Waals surface area contributed by atoms with Crippen LogP contribution in [-0.2, 0) is 4.79 Å². The summed E-state index contributed by atoms with van der Waals surface area (Å²) < 4.78 is 40.5. The van der Waals surface area contributed by atoms with Crippen LogP contribution >= 0.6 is 11.6 Å². The molecule has 1 N–H and O–H groups in total. The molecule has 0 saturated carbocycles. The number of carbonyl (C=O) groups excluding carboxylic acids is 1. The van der Waals surface area contributed by atoms with Crippen molar-refractivity contribution >= 4 is 23.5 Å². The van der Waals surface area contributed by atoms with E-state index >= 15 is 0 Å². The van der Waals surface area contributed by atoms with E-state index in [2.05, 4.69) is 5.10 Å². The first-order chi connectivity index (χ1) is 12.2. The Morgan fingerprint density at radius 1 is 1.19 bits per heavy atom. The number of benzene rings is 1. The Morgan fingerprint density at radius 2 is 1.85 bits per heavy atom. The number of rotatable bonds is 3. The molecule has 1 saturated heterocycles. The highest BCUT2D eigenvalue weighted by atomic mass is 35.5. The number of carboxylic acid groups (broad SMARTS) is 1. The van der Waals surface area contributed by atoms with Gasteiger partial charge in [-0.3, -0.25) is 9.59 Å². The molecule has 1 aliphatic heterocycles. The Hall–Kier alpha value is -2.55. The Labute approximate surface area is 150 Å². The summed E-state index contributed by atoms with van der Waals surface area (Å²) in [5, 5.41) is 13.6. The van der Waals surface area contributed by atoms with E-state index in [1.54, 1.807) is 24.3 Å². The lowest BCUT2D eigenvalue weighted by molar-refractivity contribution is -0.187. The van der Waals surface area contributed by atoms with Crippen LogP contribution in [0.1, 0.15) is 10.4 Å². The third-order valence-electron chi connectivity index (χ3n) is 4.27. The number of carbonyl (C=O) groups is 2. The number of amides is 1. The number of aliphatic carboxylic acids is 1. The highest BCUT2D eigenvalue weighted by Crippen LogP contribution is 2.38. The predicted molar refractivity (Wildman–Crippen MR) is 85.1 cm³/mol. The molecule has 2 heterocycles. The number of likely N-dealkylation sites (tertiary alicyclic amines) is 1. The largest absolute Gasteiger partial charge is 0.481 e. The molecule has 2 aromatic rings. The van der Waals surface area contributed by atoms with Gasteiger partial charge in [-0.25, -0.2) is 4.68 Å². The fraction of sp³-hybridized carbons (Fsp3) is 0.312. The zero-order chi connectivity index (χ0) is 19.1. The summed E-state index contributed by atoms with van der Waals surface area (Å²) in [7, 11) is 0. The van der Waals surface area contributed by atoms with Gasteiger partial charge in [-0.1, -0.05) is 11.6 Å². The van der Waals surface area contributed by atoms with Crippen LogP contribution in [0.15, 0.2) is 36.7 Å². The molecule has 26 heavy (non-hydrogen) atoms. The Morgan fingerprint density at radius 3 is 2.38 bits per heavy atom. The summed E-state index contributed by atoms with van der Waals surface area (Å²) in [6, 6.07) is 6.59. The van der Waals surface area contributed by atoms with Gasteiger partial charge in [-0.05, 0) is 24.3 Å². The van der Waals surface area contributed by atoms with Gasteiger partial charge in [0.25, 0.3) is 5.91 Å². The van der Waals surface area contributed by atoms with Crippen molar-refractivity contribution in [1.82, 2.24) is 14.7 Å². The number of aromatic nitrogens is 2. The Balaban J connectivity index is 1.80. The van der Waals surface area contributed by atoms with E-state index in [1.165, 1.54) is 17.1 Å². The second kappa shape index (κ2) is 6.64. The minimum absolute atomic E-state index is 0.0758. The molecule has 3 rings (SSSR count). The number of alkyl halides is 3. The standard InChI is InChI=1S/C16H13ClF3N3O3/c17-10-1-3-11(4-2-10)23-6-9(5-21-23)14(24)22-7-12(15(25)26)13(8-22)16(18,19)20/h1-6,12-13H,7-8H2,(H,25,26)/t12-,13-/m1/s1. The van der Waals surface area contributed by atoms with Crippen LogP contribution in [0.5, 0.6) is 0 Å². The molecule has 0 unspecified atom stereocenters. The van der Waals surface area contributed by atoms with E-state index in [-0.39, 0.29) is 5.56 Å². The topological polar surface area (TPSA) is 75.4 Å². The van der Waals surface area contributed by atoms with Gasteiger partial charge in [0.1, 0.15) is 0 Å². The monoisotopic (exact) mass is 387 g/mol. The zero-order valence-corrected chi connectivity index (χ0v) is 13.9. The van der Waals surface area contributed by atoms with Gasteiger partial charge in [0.15, 0.2) is 0 Å². The lowest BCUT2D eigenvalue weighted by Gasteiger charge is -2.18. The molecule has 138 valence electrons. The summed E-state index contributed by atoms with van der Waals surface area (Å²) in [5.41, 5.74) is 0.693. The Kier molecular flexibility index (Phi) is 4.66. The maximum Gasteiger partial charge on any atom is 0.394 e. The maximum absolute atomic E-state index is 13.0. The van der Waals surface area contributed by atoms with Crippen LogP contribution in [0.3, 0.4) is 0 Å². The molecule has 6 nitrogen and oxygen atoms in total. The summed E-state index contributed by atoms with van der Waals surface area (Å²) in [5.74, 6) is -6.02. The molecule has 1 amide bonds. The fourth-order valence-corrected chi connectivity index (χ4v) is 3.03. The van der Waals surface area contributed by atoms with Crippen molar-refractivity contribution in [3.05, 3.63) is 47.2 Å². The molecule has 1 aromatic heterocycles.